The maximum atomic E-state index is 13.6. The molecule has 8 nitrogen and oxygen atoms in total. The van der Waals surface area contributed by atoms with Crippen molar-refractivity contribution >= 4 is 29.3 Å². The SMILES string of the molecule is CCOC(=O)c1csc(CC[C@H](C(C)C)N(C)C(=O)[C@@H](NC(=O)OCc2ccccc2)[C@@H](C)CC)n1. The fraction of sp³-hybridized carbons (Fsp3) is 0.556. The first-order chi connectivity index (χ1) is 17.2. The van der Waals surface area contributed by atoms with E-state index in [9.17, 15) is 14.4 Å². The Hall–Kier alpha value is -2.94. The molecule has 198 valence electrons. The highest BCUT2D eigenvalue weighted by atomic mass is 32.1. The number of carbonyl (C=O) groups excluding carboxylic acids is 3. The minimum atomic E-state index is -0.695. The van der Waals surface area contributed by atoms with Gasteiger partial charge in [-0.2, -0.15) is 0 Å². The van der Waals surface area contributed by atoms with Crippen LogP contribution in [0.1, 0.15) is 68.5 Å². The summed E-state index contributed by atoms with van der Waals surface area (Å²) >= 11 is 1.42. The van der Waals surface area contributed by atoms with Gasteiger partial charge in [0.15, 0.2) is 5.69 Å². The molecular weight excluding hydrogens is 478 g/mol. The van der Waals surface area contributed by atoms with Gasteiger partial charge in [-0.1, -0.05) is 64.4 Å². The predicted octanol–water partition coefficient (Wildman–Crippen LogP) is 5.08. The number of likely N-dealkylation sites (N-methyl/N-ethyl adjacent to an activating group) is 1. The summed E-state index contributed by atoms with van der Waals surface area (Å²) in [6.45, 7) is 10.3. The van der Waals surface area contributed by atoms with Gasteiger partial charge >= 0.3 is 12.1 Å². The number of esters is 1. The molecule has 0 bridgehead atoms. The summed E-state index contributed by atoms with van der Waals surface area (Å²) in [5, 5.41) is 5.33. The average Bonchev–Trinajstić information content (AvgIpc) is 3.35. The quantitative estimate of drug-likeness (QED) is 0.372. The van der Waals surface area contributed by atoms with Gasteiger partial charge in [-0.15, -0.1) is 11.3 Å². The Morgan fingerprint density at radius 3 is 2.39 bits per heavy atom. The van der Waals surface area contributed by atoms with Gasteiger partial charge in [-0.25, -0.2) is 14.6 Å². The monoisotopic (exact) mass is 517 g/mol. The van der Waals surface area contributed by atoms with Gasteiger partial charge < -0.3 is 19.7 Å². The van der Waals surface area contributed by atoms with Crippen LogP contribution in [-0.2, 0) is 27.3 Å². The van der Waals surface area contributed by atoms with E-state index in [1.165, 1.54) is 11.3 Å². The van der Waals surface area contributed by atoms with Crippen LogP contribution in [0.15, 0.2) is 35.7 Å². The molecule has 0 unspecified atom stereocenters. The van der Waals surface area contributed by atoms with E-state index >= 15 is 0 Å². The first kappa shape index (κ1) is 29.3. The lowest BCUT2D eigenvalue weighted by atomic mass is 9.94. The van der Waals surface area contributed by atoms with E-state index in [0.717, 1.165) is 17.0 Å². The molecule has 0 radical (unpaired) electrons. The molecule has 3 atom stereocenters. The van der Waals surface area contributed by atoms with Gasteiger partial charge in [0.1, 0.15) is 12.6 Å². The van der Waals surface area contributed by atoms with Crippen molar-refractivity contribution in [1.82, 2.24) is 15.2 Å². The number of ether oxygens (including phenoxy) is 2. The van der Waals surface area contributed by atoms with Gasteiger partial charge in [0.2, 0.25) is 5.91 Å². The summed E-state index contributed by atoms with van der Waals surface area (Å²) < 4.78 is 10.4. The molecule has 1 aromatic heterocycles. The van der Waals surface area contributed by atoms with Crippen LogP contribution < -0.4 is 5.32 Å². The second-order valence-corrected chi connectivity index (χ2v) is 10.2. The third-order valence-corrected chi connectivity index (χ3v) is 7.18. The van der Waals surface area contributed by atoms with E-state index in [1.807, 2.05) is 44.2 Å². The van der Waals surface area contributed by atoms with E-state index in [4.69, 9.17) is 9.47 Å². The first-order valence-corrected chi connectivity index (χ1v) is 13.4. The zero-order valence-corrected chi connectivity index (χ0v) is 23.0. The van der Waals surface area contributed by atoms with E-state index < -0.39 is 18.1 Å². The molecule has 0 saturated heterocycles. The van der Waals surface area contributed by atoms with E-state index in [-0.39, 0.29) is 30.4 Å². The third-order valence-electron chi connectivity index (χ3n) is 6.27. The maximum absolute atomic E-state index is 13.6. The summed E-state index contributed by atoms with van der Waals surface area (Å²) in [5.41, 5.74) is 1.20. The largest absolute Gasteiger partial charge is 0.461 e. The van der Waals surface area contributed by atoms with Crippen LogP contribution in [0.3, 0.4) is 0 Å². The van der Waals surface area contributed by atoms with Crippen LogP contribution in [0.4, 0.5) is 4.79 Å². The lowest BCUT2D eigenvalue weighted by Gasteiger charge is -2.35. The molecule has 1 heterocycles. The second-order valence-electron chi connectivity index (χ2n) is 9.22. The van der Waals surface area contributed by atoms with Crippen molar-refractivity contribution in [3.8, 4) is 0 Å². The number of rotatable bonds is 13. The molecule has 1 aromatic carbocycles. The van der Waals surface area contributed by atoms with Crippen LogP contribution in [0.25, 0.3) is 0 Å². The summed E-state index contributed by atoms with van der Waals surface area (Å²) in [6, 6.07) is 8.66. The highest BCUT2D eigenvalue weighted by Gasteiger charge is 2.33. The average molecular weight is 518 g/mol. The number of alkyl carbamates (subject to hydrolysis) is 1. The van der Waals surface area contributed by atoms with Gasteiger partial charge in [-0.05, 0) is 30.7 Å². The highest BCUT2D eigenvalue weighted by Crippen LogP contribution is 2.21. The Morgan fingerprint density at radius 1 is 1.08 bits per heavy atom. The number of nitrogens with zero attached hydrogens (tertiary/aromatic N) is 2. The fourth-order valence-corrected chi connectivity index (χ4v) is 4.71. The van der Waals surface area contributed by atoms with Crippen molar-refractivity contribution in [3.63, 3.8) is 0 Å². The summed E-state index contributed by atoms with van der Waals surface area (Å²) in [6.07, 6.45) is 1.43. The molecular formula is C27H39N3O5S. The number of carbonyl (C=O) groups is 3. The molecule has 36 heavy (non-hydrogen) atoms. The Balaban J connectivity index is 2.03. The lowest BCUT2D eigenvalue weighted by molar-refractivity contribution is -0.136. The number of nitrogens with one attached hydrogen (secondary N) is 1. The molecule has 0 aliphatic heterocycles. The molecule has 2 amide bonds. The van der Waals surface area contributed by atoms with Gasteiger partial charge in [0, 0.05) is 24.9 Å². The number of thiazole rings is 1. The van der Waals surface area contributed by atoms with E-state index in [0.29, 0.717) is 25.1 Å². The predicted molar refractivity (Wildman–Crippen MR) is 141 cm³/mol. The topological polar surface area (TPSA) is 97.8 Å². The van der Waals surface area contributed by atoms with Crippen LogP contribution in [0.5, 0.6) is 0 Å². The molecule has 2 aromatic rings. The molecule has 0 spiro atoms. The maximum Gasteiger partial charge on any atom is 0.408 e. The molecule has 2 rings (SSSR count). The molecule has 0 saturated carbocycles. The Bertz CT molecular complexity index is 979. The minimum absolute atomic E-state index is 0.0665. The van der Waals surface area contributed by atoms with Crippen molar-refractivity contribution in [1.29, 1.82) is 0 Å². The van der Waals surface area contributed by atoms with E-state index in [2.05, 4.69) is 24.1 Å². The normalized spacial score (nSPS) is 13.5. The van der Waals surface area contributed by atoms with Crippen LogP contribution in [-0.4, -0.2) is 53.6 Å². The van der Waals surface area contributed by atoms with Crippen molar-refractivity contribution in [2.24, 2.45) is 11.8 Å². The zero-order chi connectivity index (χ0) is 26.7. The number of amides is 2. The minimum Gasteiger partial charge on any atom is -0.461 e. The fourth-order valence-electron chi connectivity index (χ4n) is 3.93. The number of benzene rings is 1. The number of hydrogen-bond acceptors (Lipinski definition) is 7. The third kappa shape index (κ3) is 8.62. The second kappa shape index (κ2) is 14.6. The molecule has 9 heteroatoms. The number of aromatic nitrogens is 1. The summed E-state index contributed by atoms with van der Waals surface area (Å²) in [7, 11) is 1.78. The van der Waals surface area contributed by atoms with Gasteiger partial charge in [0.05, 0.1) is 11.6 Å². The smallest absolute Gasteiger partial charge is 0.408 e. The van der Waals surface area contributed by atoms with Crippen LogP contribution in [0.2, 0.25) is 0 Å². The number of aryl methyl sites for hydroxylation is 1. The van der Waals surface area contributed by atoms with Gasteiger partial charge in [0.25, 0.3) is 0 Å². The lowest BCUT2D eigenvalue weighted by Crippen LogP contribution is -2.54. The standard InChI is InChI=1S/C27H39N3O5S/c1-7-19(5)24(29-27(33)35-16-20-12-10-9-11-13-20)25(31)30(6)22(18(3)4)14-15-23-28-21(17-36-23)26(32)34-8-2/h9-13,17-19,22,24H,7-8,14-16H2,1-6H3,(H,29,33)/t19-,22+,24-/m0/s1. The first-order valence-electron chi connectivity index (χ1n) is 12.5. The Kier molecular flexibility index (Phi) is 11.9. The molecule has 0 aliphatic rings. The van der Waals surface area contributed by atoms with Crippen LogP contribution >= 0.6 is 11.3 Å². The van der Waals surface area contributed by atoms with Crippen LogP contribution in [0, 0.1) is 11.8 Å². The molecule has 0 aliphatic carbocycles. The number of hydrogen-bond donors (Lipinski definition) is 1. The van der Waals surface area contributed by atoms with Gasteiger partial charge in [-0.3, -0.25) is 4.79 Å². The van der Waals surface area contributed by atoms with E-state index in [1.54, 1.807) is 24.3 Å². The van der Waals surface area contributed by atoms with Crippen molar-refractivity contribution in [3.05, 3.63) is 52.0 Å². The zero-order valence-electron chi connectivity index (χ0n) is 22.2. The Labute approximate surface area is 218 Å². The van der Waals surface area contributed by atoms with Crippen molar-refractivity contribution in [2.45, 2.75) is 72.6 Å². The molecule has 1 N–H and O–H groups in total. The highest BCUT2D eigenvalue weighted by molar-refractivity contribution is 7.09. The molecule has 0 fully saturated rings. The summed E-state index contributed by atoms with van der Waals surface area (Å²) in [5.74, 6) is -0.449. The Morgan fingerprint density at radius 2 is 1.78 bits per heavy atom. The van der Waals surface area contributed by atoms with Crippen molar-refractivity contribution in [2.75, 3.05) is 13.7 Å². The van der Waals surface area contributed by atoms with Crippen molar-refractivity contribution < 1.29 is 23.9 Å². The summed E-state index contributed by atoms with van der Waals surface area (Å²) in [4.78, 5) is 44.1.